The van der Waals surface area contributed by atoms with Gasteiger partial charge < -0.3 is 19.8 Å². The number of hydrazone groups is 2. The lowest BCUT2D eigenvalue weighted by Crippen LogP contribution is -2.37. The van der Waals surface area contributed by atoms with Crippen LogP contribution in [0.5, 0.6) is 0 Å². The molecule has 174 valence electrons. The molecule has 0 spiro atoms. The Hall–Kier alpha value is -1.92. The molecule has 1 saturated heterocycles. The molecule has 1 aliphatic heterocycles. The first-order valence-corrected chi connectivity index (χ1v) is 11.3. The minimum Gasteiger partial charge on any atom is -0.458 e. The smallest absolute Gasteiger partial charge is 0.186 e. The first kappa shape index (κ1) is 27.1. The molecule has 1 atom stereocenters. The molecule has 11 heteroatoms. The fourth-order valence-corrected chi connectivity index (χ4v) is 2.89. The zero-order chi connectivity index (χ0) is 23.1. The highest BCUT2D eigenvalue weighted by Gasteiger charge is 2.22. The van der Waals surface area contributed by atoms with Crippen molar-refractivity contribution in [2.24, 2.45) is 10.2 Å². The maximum Gasteiger partial charge on any atom is 0.186 e. The van der Waals surface area contributed by atoms with Crippen molar-refractivity contribution in [2.75, 3.05) is 46.4 Å². The number of thiocarbonyl (C=S) groups is 2. The Balaban J connectivity index is 0.00000110. The summed E-state index contributed by atoms with van der Waals surface area (Å²) in [5.41, 5.74) is 7.95. The molecule has 1 aromatic rings. The number of ether oxygens (including phenoxy) is 1. The van der Waals surface area contributed by atoms with Crippen LogP contribution in [0.2, 0.25) is 0 Å². The van der Waals surface area contributed by atoms with Crippen LogP contribution in [0.15, 0.2) is 26.8 Å². The Morgan fingerprint density at radius 1 is 1.23 bits per heavy atom. The fourth-order valence-electron chi connectivity index (χ4n) is 2.65. The standard InChI is InChI=1S/C17H26N6O2S2.C3H9N/c1-4-18-17(27)22-21-16(12(2)20-19-11-26)15-6-5-14(25-15)13(3)23-7-9-24-10-8-23;1-3-4-2/h5-6,11,13H,4,7-10H2,1-3H3,(H,19,26)(H2,18,22,27);4H,3H2,1-2H3/b20-12+,21-16-;. The average molecular weight is 470 g/mol. The minimum atomic E-state index is 0.149. The molecule has 1 unspecified atom stereocenters. The molecule has 0 bridgehead atoms. The van der Waals surface area contributed by atoms with E-state index in [1.165, 1.54) is 5.49 Å². The predicted molar refractivity (Wildman–Crippen MR) is 135 cm³/mol. The molecule has 0 radical (unpaired) electrons. The molecule has 4 N–H and O–H groups in total. The first-order chi connectivity index (χ1) is 15.0. The van der Waals surface area contributed by atoms with E-state index in [0.29, 0.717) is 28.8 Å². The lowest BCUT2D eigenvalue weighted by Gasteiger charge is -2.31. The van der Waals surface area contributed by atoms with Crippen molar-refractivity contribution in [1.82, 2.24) is 26.4 Å². The van der Waals surface area contributed by atoms with E-state index in [4.69, 9.17) is 33.6 Å². The summed E-state index contributed by atoms with van der Waals surface area (Å²) in [6.45, 7) is 13.0. The van der Waals surface area contributed by atoms with E-state index in [-0.39, 0.29) is 6.04 Å². The van der Waals surface area contributed by atoms with Gasteiger partial charge >= 0.3 is 0 Å². The van der Waals surface area contributed by atoms with Crippen molar-refractivity contribution in [3.63, 3.8) is 0 Å². The van der Waals surface area contributed by atoms with E-state index in [9.17, 15) is 0 Å². The molecule has 9 nitrogen and oxygen atoms in total. The second-order valence-electron chi connectivity index (χ2n) is 6.61. The summed E-state index contributed by atoms with van der Waals surface area (Å²) < 4.78 is 11.5. The van der Waals surface area contributed by atoms with Crippen molar-refractivity contribution in [3.05, 3.63) is 23.7 Å². The van der Waals surface area contributed by atoms with E-state index < -0.39 is 0 Å². The van der Waals surface area contributed by atoms with Crippen molar-refractivity contribution >= 4 is 46.5 Å². The monoisotopic (exact) mass is 469 g/mol. The van der Waals surface area contributed by atoms with Gasteiger partial charge in [0.2, 0.25) is 0 Å². The second kappa shape index (κ2) is 15.8. The first-order valence-electron chi connectivity index (χ1n) is 10.4. The minimum absolute atomic E-state index is 0.149. The van der Waals surface area contributed by atoms with Gasteiger partial charge in [0.25, 0.3) is 0 Å². The summed E-state index contributed by atoms with van der Waals surface area (Å²) in [6, 6.07) is 4.00. The van der Waals surface area contributed by atoms with Crippen molar-refractivity contribution in [3.8, 4) is 0 Å². The highest BCUT2D eigenvalue weighted by atomic mass is 32.1. The third-order valence-electron chi connectivity index (χ3n) is 4.45. The Labute approximate surface area is 196 Å². The maximum atomic E-state index is 6.09. The second-order valence-corrected chi connectivity index (χ2v) is 7.25. The van der Waals surface area contributed by atoms with Crippen molar-refractivity contribution in [1.29, 1.82) is 0 Å². The Morgan fingerprint density at radius 2 is 1.90 bits per heavy atom. The molecular weight excluding hydrogens is 434 g/mol. The number of nitrogens with one attached hydrogen (secondary N) is 4. The Kier molecular flexibility index (Phi) is 13.8. The van der Waals surface area contributed by atoms with Crippen LogP contribution in [0.4, 0.5) is 0 Å². The molecule has 2 rings (SSSR count). The van der Waals surface area contributed by atoms with Crippen molar-refractivity contribution < 1.29 is 9.15 Å². The largest absolute Gasteiger partial charge is 0.458 e. The third kappa shape index (κ3) is 9.83. The summed E-state index contributed by atoms with van der Waals surface area (Å²) in [7, 11) is 1.93. The van der Waals surface area contributed by atoms with Gasteiger partial charge in [0, 0.05) is 19.6 Å². The van der Waals surface area contributed by atoms with E-state index in [2.05, 4.69) is 50.4 Å². The summed E-state index contributed by atoms with van der Waals surface area (Å²) >= 11 is 9.93. The van der Waals surface area contributed by atoms with Crippen LogP contribution < -0.4 is 21.5 Å². The van der Waals surface area contributed by atoms with Crippen molar-refractivity contribution in [2.45, 2.75) is 33.7 Å². The third-order valence-corrected chi connectivity index (χ3v) is 4.79. The number of nitrogens with zero attached hydrogens (tertiary/aromatic N) is 3. The normalized spacial score (nSPS) is 16.0. The van der Waals surface area contributed by atoms with E-state index >= 15 is 0 Å². The molecule has 0 aliphatic carbocycles. The van der Waals surface area contributed by atoms with Gasteiger partial charge in [-0.05, 0) is 58.7 Å². The number of morpholine rings is 1. The molecule has 0 aromatic carbocycles. The van der Waals surface area contributed by atoms with Gasteiger partial charge in [0.1, 0.15) is 11.5 Å². The molecule has 1 aromatic heterocycles. The van der Waals surface area contributed by atoms with Crippen LogP contribution in [-0.4, -0.2) is 73.4 Å². The molecule has 31 heavy (non-hydrogen) atoms. The van der Waals surface area contributed by atoms with Gasteiger partial charge in [-0.25, -0.2) is 0 Å². The fraction of sp³-hybridized carbons (Fsp3) is 0.600. The van der Waals surface area contributed by atoms with E-state index in [1.54, 1.807) is 0 Å². The van der Waals surface area contributed by atoms with Crippen LogP contribution in [-0.2, 0) is 4.74 Å². The Morgan fingerprint density at radius 3 is 2.48 bits per heavy atom. The number of hydrogen-bond donors (Lipinski definition) is 4. The quantitative estimate of drug-likeness (QED) is 0.246. The lowest BCUT2D eigenvalue weighted by atomic mass is 10.2. The lowest BCUT2D eigenvalue weighted by molar-refractivity contribution is 0.0157. The topological polar surface area (TPSA) is 98.4 Å². The van der Waals surface area contributed by atoms with Gasteiger partial charge in [0.15, 0.2) is 10.9 Å². The molecule has 1 fully saturated rings. The average Bonchev–Trinajstić information content (AvgIpc) is 3.28. The highest BCUT2D eigenvalue weighted by Crippen LogP contribution is 2.23. The SMILES string of the molecule is CCNC.CCNC(=S)N/N=C(/C(C)=N/NC=S)c1ccc(C(C)N2CCOCC2)o1. The number of hydrogen-bond acceptors (Lipinski definition) is 8. The van der Waals surface area contributed by atoms with Gasteiger partial charge in [0.05, 0.1) is 30.5 Å². The van der Waals surface area contributed by atoms with Crippen LogP contribution >= 0.6 is 24.4 Å². The van der Waals surface area contributed by atoms with Gasteiger partial charge in [-0.15, -0.1) is 0 Å². The molecule has 0 saturated carbocycles. The molecule has 0 amide bonds. The molecular formula is C20H35N7O2S2. The Bertz CT molecular complexity index is 729. The number of furan rings is 1. The summed E-state index contributed by atoms with van der Waals surface area (Å²) in [5, 5.41) is 14.9. The van der Waals surface area contributed by atoms with E-state index in [1.807, 2.05) is 33.0 Å². The maximum absolute atomic E-state index is 6.09. The van der Waals surface area contributed by atoms with Gasteiger partial charge in [-0.3, -0.25) is 15.8 Å². The summed E-state index contributed by atoms with van der Waals surface area (Å²) in [6.07, 6.45) is 0. The summed E-state index contributed by atoms with van der Waals surface area (Å²) in [5.74, 6) is 1.47. The van der Waals surface area contributed by atoms with Crippen LogP contribution in [0, 0.1) is 0 Å². The molecule has 2 heterocycles. The van der Waals surface area contributed by atoms with Gasteiger partial charge in [-0.1, -0.05) is 19.1 Å². The van der Waals surface area contributed by atoms with E-state index in [0.717, 1.165) is 38.6 Å². The predicted octanol–water partition coefficient (Wildman–Crippen LogP) is 2.01. The molecule has 1 aliphatic rings. The van der Waals surface area contributed by atoms with Crippen LogP contribution in [0.1, 0.15) is 45.3 Å². The zero-order valence-corrected chi connectivity index (χ0v) is 20.7. The van der Waals surface area contributed by atoms with Crippen LogP contribution in [0.3, 0.4) is 0 Å². The zero-order valence-electron chi connectivity index (χ0n) is 19.0. The number of rotatable bonds is 9. The summed E-state index contributed by atoms with van der Waals surface area (Å²) in [4.78, 5) is 2.33. The highest BCUT2D eigenvalue weighted by molar-refractivity contribution is 7.80. The van der Waals surface area contributed by atoms with Crippen LogP contribution in [0.25, 0.3) is 0 Å². The van der Waals surface area contributed by atoms with Gasteiger partial charge in [-0.2, -0.15) is 10.2 Å².